The van der Waals surface area contributed by atoms with Crippen LogP contribution in [0.3, 0.4) is 0 Å². The fraction of sp³-hybridized carbons (Fsp3) is 0.182. The minimum atomic E-state index is -0.694. The molecule has 0 saturated carbocycles. The van der Waals surface area contributed by atoms with Crippen LogP contribution in [0.5, 0.6) is 0 Å². The molecule has 2 aromatic carbocycles. The molecular formula is C22H21N3O. The highest BCUT2D eigenvalue weighted by Crippen LogP contribution is 2.35. The number of rotatable bonds is 3. The van der Waals surface area contributed by atoms with Gasteiger partial charge in [-0.25, -0.2) is 0 Å². The second-order valence-electron chi connectivity index (χ2n) is 7.13. The number of anilines is 1. The maximum Gasteiger partial charge on any atom is 0.234 e. The van der Waals surface area contributed by atoms with Crippen molar-refractivity contribution in [2.75, 3.05) is 5.32 Å². The highest BCUT2D eigenvalue weighted by molar-refractivity contribution is 6.06. The number of amides is 1. The number of nitrogens with zero attached hydrogens (tertiary/aromatic N) is 1. The molecule has 0 aliphatic heterocycles. The summed E-state index contributed by atoms with van der Waals surface area (Å²) in [5, 5.41) is 5.18. The number of carbonyl (C=O) groups is 1. The standard InChI is InChI=1S/C22H21N3O/c1-14-19(16-10-4-5-11-17(16)24-14)22(2,3)21(26)25-18-12-6-8-15-9-7-13-23-20(15)18/h4-13,24H,1-3H3,(H,25,26). The Morgan fingerprint density at radius 3 is 2.65 bits per heavy atom. The fourth-order valence-corrected chi connectivity index (χ4v) is 3.68. The Hall–Kier alpha value is -3.14. The zero-order chi connectivity index (χ0) is 18.3. The molecule has 0 unspecified atom stereocenters. The Bertz CT molecular complexity index is 1120. The summed E-state index contributed by atoms with van der Waals surface area (Å²) in [6.07, 6.45) is 1.74. The SMILES string of the molecule is Cc1[nH]c2ccccc2c1C(C)(C)C(=O)Nc1cccc2cccnc12. The number of pyridine rings is 1. The van der Waals surface area contributed by atoms with Gasteiger partial charge in [0, 0.05) is 28.2 Å². The summed E-state index contributed by atoms with van der Waals surface area (Å²) >= 11 is 0. The lowest BCUT2D eigenvalue weighted by Gasteiger charge is -2.25. The smallest absolute Gasteiger partial charge is 0.234 e. The summed E-state index contributed by atoms with van der Waals surface area (Å²) in [6, 6.07) is 17.8. The van der Waals surface area contributed by atoms with Crippen LogP contribution in [0.25, 0.3) is 21.8 Å². The number of aromatic nitrogens is 2. The third kappa shape index (κ3) is 2.54. The van der Waals surface area contributed by atoms with E-state index in [1.807, 2.05) is 69.3 Å². The van der Waals surface area contributed by atoms with Crippen molar-refractivity contribution in [1.82, 2.24) is 9.97 Å². The van der Waals surface area contributed by atoms with Crippen molar-refractivity contribution in [2.24, 2.45) is 0 Å². The summed E-state index contributed by atoms with van der Waals surface area (Å²) < 4.78 is 0. The first-order chi connectivity index (χ1) is 12.5. The van der Waals surface area contributed by atoms with Gasteiger partial charge < -0.3 is 10.3 Å². The zero-order valence-corrected chi connectivity index (χ0v) is 15.1. The van der Waals surface area contributed by atoms with Crippen LogP contribution in [-0.4, -0.2) is 15.9 Å². The third-order valence-electron chi connectivity index (χ3n) is 4.97. The number of hydrogen-bond acceptors (Lipinski definition) is 2. The van der Waals surface area contributed by atoms with E-state index in [-0.39, 0.29) is 5.91 Å². The van der Waals surface area contributed by atoms with E-state index in [4.69, 9.17) is 0 Å². The first kappa shape index (κ1) is 16.3. The highest BCUT2D eigenvalue weighted by Gasteiger charge is 2.34. The van der Waals surface area contributed by atoms with Crippen LogP contribution in [-0.2, 0) is 10.2 Å². The number of fused-ring (bicyclic) bond motifs is 2. The van der Waals surface area contributed by atoms with Crippen molar-refractivity contribution in [3.63, 3.8) is 0 Å². The third-order valence-corrected chi connectivity index (χ3v) is 4.97. The number of nitrogens with one attached hydrogen (secondary N) is 2. The van der Waals surface area contributed by atoms with Gasteiger partial charge >= 0.3 is 0 Å². The molecule has 4 rings (SSSR count). The van der Waals surface area contributed by atoms with Crippen molar-refractivity contribution < 1.29 is 4.79 Å². The lowest BCUT2D eigenvalue weighted by molar-refractivity contribution is -0.120. The largest absolute Gasteiger partial charge is 0.358 e. The molecule has 2 heterocycles. The van der Waals surface area contributed by atoms with E-state index in [1.54, 1.807) is 6.20 Å². The molecule has 0 bridgehead atoms. The molecule has 0 spiro atoms. The summed E-state index contributed by atoms with van der Waals surface area (Å²) in [4.78, 5) is 21.0. The monoisotopic (exact) mass is 343 g/mol. The Balaban J connectivity index is 1.76. The predicted molar refractivity (Wildman–Crippen MR) is 106 cm³/mol. The van der Waals surface area contributed by atoms with Crippen molar-refractivity contribution in [3.8, 4) is 0 Å². The van der Waals surface area contributed by atoms with Gasteiger partial charge in [-0.3, -0.25) is 9.78 Å². The Morgan fingerprint density at radius 1 is 1.04 bits per heavy atom. The molecule has 0 radical (unpaired) electrons. The maximum absolute atomic E-state index is 13.2. The number of aromatic amines is 1. The van der Waals surface area contributed by atoms with Crippen molar-refractivity contribution >= 4 is 33.4 Å². The molecule has 26 heavy (non-hydrogen) atoms. The molecule has 0 saturated heterocycles. The summed E-state index contributed by atoms with van der Waals surface area (Å²) in [5.74, 6) is -0.0523. The van der Waals surface area contributed by atoms with Gasteiger partial charge in [-0.2, -0.15) is 0 Å². The average molecular weight is 343 g/mol. The summed E-state index contributed by atoms with van der Waals surface area (Å²) in [5.41, 5.74) is 3.93. The van der Waals surface area contributed by atoms with Crippen LogP contribution in [0, 0.1) is 6.92 Å². The van der Waals surface area contributed by atoms with Gasteiger partial charge in [0.25, 0.3) is 0 Å². The Morgan fingerprint density at radius 2 is 1.81 bits per heavy atom. The molecule has 2 aromatic heterocycles. The predicted octanol–water partition coefficient (Wildman–Crippen LogP) is 4.94. The normalized spacial score (nSPS) is 11.8. The quantitative estimate of drug-likeness (QED) is 0.553. The second kappa shape index (κ2) is 5.99. The number of para-hydroxylation sites is 2. The maximum atomic E-state index is 13.2. The van der Waals surface area contributed by atoms with Crippen molar-refractivity contribution in [1.29, 1.82) is 0 Å². The van der Waals surface area contributed by atoms with Gasteiger partial charge in [0.15, 0.2) is 0 Å². The fourth-order valence-electron chi connectivity index (χ4n) is 3.68. The zero-order valence-electron chi connectivity index (χ0n) is 15.1. The summed E-state index contributed by atoms with van der Waals surface area (Å²) in [7, 11) is 0. The van der Waals surface area contributed by atoms with Crippen LogP contribution in [0.2, 0.25) is 0 Å². The first-order valence-corrected chi connectivity index (χ1v) is 8.71. The van der Waals surface area contributed by atoms with E-state index in [0.717, 1.165) is 38.8 Å². The van der Waals surface area contributed by atoms with Crippen LogP contribution in [0.4, 0.5) is 5.69 Å². The van der Waals surface area contributed by atoms with Crippen LogP contribution >= 0.6 is 0 Å². The molecule has 0 aliphatic rings. The molecule has 0 aliphatic carbocycles. The van der Waals surface area contributed by atoms with Crippen molar-refractivity contribution in [3.05, 3.63) is 72.1 Å². The number of carbonyl (C=O) groups excluding carboxylic acids is 1. The molecule has 4 heteroatoms. The van der Waals surface area contributed by atoms with E-state index >= 15 is 0 Å². The molecule has 0 atom stereocenters. The number of H-pyrrole nitrogens is 1. The Kier molecular flexibility index (Phi) is 3.76. The molecular weight excluding hydrogens is 322 g/mol. The molecule has 130 valence electrons. The minimum Gasteiger partial charge on any atom is -0.358 e. The van der Waals surface area contributed by atoms with Gasteiger partial charge in [-0.15, -0.1) is 0 Å². The van der Waals surface area contributed by atoms with E-state index < -0.39 is 5.41 Å². The van der Waals surface area contributed by atoms with Crippen molar-refractivity contribution in [2.45, 2.75) is 26.2 Å². The van der Waals surface area contributed by atoms with Crippen LogP contribution in [0.1, 0.15) is 25.1 Å². The van der Waals surface area contributed by atoms with Gasteiger partial charge in [-0.1, -0.05) is 36.4 Å². The number of hydrogen-bond donors (Lipinski definition) is 2. The lowest BCUT2D eigenvalue weighted by Crippen LogP contribution is -2.35. The van der Waals surface area contributed by atoms with E-state index in [9.17, 15) is 4.79 Å². The van der Waals surface area contributed by atoms with Crippen LogP contribution in [0.15, 0.2) is 60.8 Å². The number of aryl methyl sites for hydroxylation is 1. The molecule has 4 aromatic rings. The highest BCUT2D eigenvalue weighted by atomic mass is 16.2. The van der Waals surface area contributed by atoms with E-state index in [1.165, 1.54) is 0 Å². The number of benzene rings is 2. The van der Waals surface area contributed by atoms with E-state index in [2.05, 4.69) is 21.4 Å². The van der Waals surface area contributed by atoms with Gasteiger partial charge in [0.1, 0.15) is 0 Å². The average Bonchev–Trinajstić information content (AvgIpc) is 2.98. The molecule has 0 fully saturated rings. The van der Waals surface area contributed by atoms with Gasteiger partial charge in [-0.05, 0) is 44.5 Å². The summed E-state index contributed by atoms with van der Waals surface area (Å²) in [6.45, 7) is 5.94. The Labute approximate surface area is 152 Å². The second-order valence-corrected chi connectivity index (χ2v) is 7.13. The first-order valence-electron chi connectivity index (χ1n) is 8.71. The van der Waals surface area contributed by atoms with Crippen LogP contribution < -0.4 is 5.32 Å². The van der Waals surface area contributed by atoms with E-state index in [0.29, 0.717) is 0 Å². The van der Waals surface area contributed by atoms with Gasteiger partial charge in [0.05, 0.1) is 16.6 Å². The lowest BCUT2D eigenvalue weighted by atomic mass is 9.81. The molecule has 4 nitrogen and oxygen atoms in total. The minimum absolute atomic E-state index is 0.0523. The molecule has 1 amide bonds. The topological polar surface area (TPSA) is 57.8 Å². The molecule has 2 N–H and O–H groups in total. The van der Waals surface area contributed by atoms with Gasteiger partial charge in [0.2, 0.25) is 5.91 Å².